The molecule has 1 aromatic carbocycles. The fourth-order valence-electron chi connectivity index (χ4n) is 3.64. The molecule has 2 aliphatic rings. The zero-order valence-electron chi connectivity index (χ0n) is 14.0. The highest BCUT2D eigenvalue weighted by Crippen LogP contribution is 2.27. The van der Waals surface area contributed by atoms with Crippen molar-refractivity contribution < 1.29 is 13.2 Å². The Bertz CT molecular complexity index is 691. The summed E-state index contributed by atoms with van der Waals surface area (Å²) in [5, 5.41) is 3.35. The third-order valence-corrected chi connectivity index (χ3v) is 5.62. The summed E-state index contributed by atoms with van der Waals surface area (Å²) in [7, 11) is -3.19. The minimum absolute atomic E-state index is 0.0651. The second kappa shape index (κ2) is 7.21. The van der Waals surface area contributed by atoms with Crippen LogP contribution in [0.2, 0.25) is 0 Å². The molecule has 0 saturated carbocycles. The summed E-state index contributed by atoms with van der Waals surface area (Å²) in [6, 6.07) is 7.81. The molecule has 2 saturated heterocycles. The Balaban J connectivity index is 1.68. The van der Waals surface area contributed by atoms with Crippen LogP contribution < -0.4 is 10.0 Å². The maximum absolute atomic E-state index is 12.9. The fourth-order valence-corrected chi connectivity index (χ4v) is 4.48. The Kier molecular flexibility index (Phi) is 5.22. The lowest BCUT2D eigenvalue weighted by atomic mass is 9.92. The molecule has 2 N–H and O–H groups in total. The van der Waals surface area contributed by atoms with Crippen molar-refractivity contribution in [3.05, 3.63) is 35.4 Å². The van der Waals surface area contributed by atoms with Crippen LogP contribution in [0.5, 0.6) is 0 Å². The zero-order valence-corrected chi connectivity index (χ0v) is 14.8. The van der Waals surface area contributed by atoms with E-state index in [1.54, 1.807) is 0 Å². The van der Waals surface area contributed by atoms with Crippen molar-refractivity contribution in [1.29, 1.82) is 0 Å². The Hall–Kier alpha value is -1.44. The predicted octanol–water partition coefficient (Wildman–Crippen LogP) is 0.917. The quantitative estimate of drug-likeness (QED) is 0.845. The van der Waals surface area contributed by atoms with Crippen molar-refractivity contribution >= 4 is 15.9 Å². The van der Waals surface area contributed by atoms with Gasteiger partial charge in [0.15, 0.2) is 0 Å². The second-order valence-electron chi connectivity index (χ2n) is 6.73. The maximum atomic E-state index is 12.9. The van der Waals surface area contributed by atoms with Crippen LogP contribution in [0, 0.1) is 0 Å². The average molecular weight is 351 g/mol. The number of hydrogen-bond donors (Lipinski definition) is 2. The number of rotatable bonds is 4. The highest BCUT2D eigenvalue weighted by molar-refractivity contribution is 7.88. The van der Waals surface area contributed by atoms with E-state index in [1.807, 2.05) is 23.1 Å². The Morgan fingerprint density at radius 1 is 1.21 bits per heavy atom. The third-order valence-electron chi connectivity index (χ3n) is 4.85. The van der Waals surface area contributed by atoms with E-state index >= 15 is 0 Å². The predicted molar refractivity (Wildman–Crippen MR) is 93.6 cm³/mol. The van der Waals surface area contributed by atoms with Crippen molar-refractivity contribution in [2.75, 3.05) is 32.4 Å². The maximum Gasteiger partial charge on any atom is 0.254 e. The van der Waals surface area contributed by atoms with Crippen LogP contribution in [-0.2, 0) is 10.0 Å². The highest BCUT2D eigenvalue weighted by atomic mass is 32.2. The molecule has 2 heterocycles. The third kappa shape index (κ3) is 4.15. The van der Waals surface area contributed by atoms with Gasteiger partial charge in [-0.3, -0.25) is 4.79 Å². The van der Waals surface area contributed by atoms with Crippen LogP contribution >= 0.6 is 0 Å². The van der Waals surface area contributed by atoms with Gasteiger partial charge in [0.25, 0.3) is 5.91 Å². The number of carbonyl (C=O) groups excluding carboxylic acids is 1. The molecule has 6 nitrogen and oxygen atoms in total. The number of piperidine rings is 1. The Morgan fingerprint density at radius 3 is 2.54 bits per heavy atom. The molecule has 7 heteroatoms. The van der Waals surface area contributed by atoms with E-state index < -0.39 is 10.0 Å². The van der Waals surface area contributed by atoms with E-state index in [9.17, 15) is 13.2 Å². The van der Waals surface area contributed by atoms with Crippen LogP contribution in [0.25, 0.3) is 0 Å². The van der Waals surface area contributed by atoms with E-state index in [4.69, 9.17) is 0 Å². The molecule has 0 radical (unpaired) electrons. The minimum atomic E-state index is -3.19. The molecule has 0 bridgehead atoms. The number of hydrogen-bond acceptors (Lipinski definition) is 4. The number of amides is 1. The summed E-state index contributed by atoms with van der Waals surface area (Å²) < 4.78 is 25.3. The van der Waals surface area contributed by atoms with Crippen LogP contribution in [0.4, 0.5) is 0 Å². The monoisotopic (exact) mass is 351 g/mol. The standard InChI is InChI=1S/C17H25N3O3S/c1-24(22,23)19-14-7-10-20(11-8-14)17(21)16-5-3-2-4-15(16)13-6-9-18-12-13/h2-5,13-14,18-19H,6-12H2,1H3/t13-/m0/s1. The first kappa shape index (κ1) is 17.4. The fraction of sp³-hybridized carbons (Fsp3) is 0.588. The summed E-state index contributed by atoms with van der Waals surface area (Å²) >= 11 is 0. The van der Waals surface area contributed by atoms with Gasteiger partial charge in [0.1, 0.15) is 0 Å². The van der Waals surface area contributed by atoms with E-state index in [2.05, 4.69) is 16.1 Å². The molecular weight excluding hydrogens is 326 g/mol. The number of nitrogens with zero attached hydrogens (tertiary/aromatic N) is 1. The second-order valence-corrected chi connectivity index (χ2v) is 8.51. The van der Waals surface area contributed by atoms with Crippen molar-refractivity contribution in [1.82, 2.24) is 14.9 Å². The first-order valence-electron chi connectivity index (χ1n) is 8.50. The molecular formula is C17H25N3O3S. The number of benzene rings is 1. The first-order valence-corrected chi connectivity index (χ1v) is 10.4. The first-order chi connectivity index (χ1) is 11.4. The largest absolute Gasteiger partial charge is 0.339 e. The van der Waals surface area contributed by atoms with Gasteiger partial charge in [0.2, 0.25) is 10.0 Å². The van der Waals surface area contributed by atoms with Gasteiger partial charge in [-0.1, -0.05) is 18.2 Å². The molecule has 3 rings (SSSR count). The van der Waals surface area contributed by atoms with Crippen molar-refractivity contribution in [2.24, 2.45) is 0 Å². The molecule has 2 fully saturated rings. The SMILES string of the molecule is CS(=O)(=O)NC1CCN(C(=O)c2ccccc2[C@H]2CCNC2)CC1. The molecule has 1 amide bonds. The van der Waals surface area contributed by atoms with E-state index in [-0.39, 0.29) is 11.9 Å². The summed E-state index contributed by atoms with van der Waals surface area (Å²) in [5.41, 5.74) is 1.92. The molecule has 1 atom stereocenters. The van der Waals surface area contributed by atoms with Crippen LogP contribution in [-0.4, -0.2) is 57.7 Å². The Morgan fingerprint density at radius 2 is 1.92 bits per heavy atom. The topological polar surface area (TPSA) is 78.5 Å². The summed E-state index contributed by atoms with van der Waals surface area (Å²) in [4.78, 5) is 14.8. The number of likely N-dealkylation sites (tertiary alicyclic amines) is 1. The van der Waals surface area contributed by atoms with E-state index in [0.717, 1.165) is 30.6 Å². The minimum Gasteiger partial charge on any atom is -0.339 e. The van der Waals surface area contributed by atoms with Crippen LogP contribution in [0.3, 0.4) is 0 Å². The van der Waals surface area contributed by atoms with Gasteiger partial charge in [0, 0.05) is 31.2 Å². The molecule has 132 valence electrons. The highest BCUT2D eigenvalue weighted by Gasteiger charge is 2.28. The average Bonchev–Trinajstić information content (AvgIpc) is 3.08. The van der Waals surface area contributed by atoms with Crippen LogP contribution in [0.15, 0.2) is 24.3 Å². The van der Waals surface area contributed by atoms with Crippen molar-refractivity contribution in [3.8, 4) is 0 Å². The van der Waals surface area contributed by atoms with Gasteiger partial charge in [-0.25, -0.2) is 13.1 Å². The lowest BCUT2D eigenvalue weighted by Crippen LogP contribution is -2.46. The molecule has 2 aliphatic heterocycles. The van der Waals surface area contributed by atoms with Gasteiger partial charge in [0.05, 0.1) is 6.26 Å². The van der Waals surface area contributed by atoms with Crippen molar-refractivity contribution in [2.45, 2.75) is 31.2 Å². The smallest absolute Gasteiger partial charge is 0.254 e. The summed E-state index contributed by atoms with van der Waals surface area (Å²) in [6.45, 7) is 3.09. The molecule has 0 spiro atoms. The molecule has 24 heavy (non-hydrogen) atoms. The zero-order chi connectivity index (χ0) is 17.2. The molecule has 0 aromatic heterocycles. The molecule has 0 unspecified atom stereocenters. The van der Waals surface area contributed by atoms with Gasteiger partial charge >= 0.3 is 0 Å². The van der Waals surface area contributed by atoms with E-state index in [1.165, 1.54) is 6.26 Å². The van der Waals surface area contributed by atoms with Gasteiger partial charge in [-0.05, 0) is 43.4 Å². The van der Waals surface area contributed by atoms with Gasteiger partial charge in [-0.2, -0.15) is 0 Å². The van der Waals surface area contributed by atoms with Crippen LogP contribution in [0.1, 0.15) is 41.1 Å². The number of sulfonamides is 1. The lowest BCUT2D eigenvalue weighted by Gasteiger charge is -2.32. The van der Waals surface area contributed by atoms with Gasteiger partial charge in [-0.15, -0.1) is 0 Å². The molecule has 0 aliphatic carbocycles. The summed E-state index contributed by atoms with van der Waals surface area (Å²) in [6.07, 6.45) is 3.55. The Labute approximate surface area is 143 Å². The normalized spacial score (nSPS) is 22.7. The lowest BCUT2D eigenvalue weighted by molar-refractivity contribution is 0.0710. The van der Waals surface area contributed by atoms with Gasteiger partial charge < -0.3 is 10.2 Å². The summed E-state index contributed by atoms with van der Waals surface area (Å²) in [5.74, 6) is 0.463. The van der Waals surface area contributed by atoms with Crippen molar-refractivity contribution in [3.63, 3.8) is 0 Å². The van der Waals surface area contributed by atoms with E-state index in [0.29, 0.717) is 31.8 Å². The number of carbonyl (C=O) groups is 1. The molecule has 1 aromatic rings. The number of nitrogens with one attached hydrogen (secondary N) is 2.